The predicted octanol–water partition coefficient (Wildman–Crippen LogP) is 3.81. The van der Waals surface area contributed by atoms with Crippen LogP contribution >= 0.6 is 22.6 Å². The van der Waals surface area contributed by atoms with Gasteiger partial charge in [0.15, 0.2) is 0 Å². The topological polar surface area (TPSA) is 81.7 Å². The maximum atomic E-state index is 11.6. The Hall–Kier alpha value is -0.0400. The average Bonchev–Trinajstić information content (AvgIpc) is 2.80. The van der Waals surface area contributed by atoms with E-state index in [1.165, 1.54) is 25.7 Å². The summed E-state index contributed by atoms with van der Waals surface area (Å²) in [4.78, 5) is 11.6. The molecule has 8 nitrogen and oxygen atoms in total. The number of hydrogen-bond acceptors (Lipinski definition) is 8. The van der Waals surface area contributed by atoms with Crippen molar-refractivity contribution in [2.24, 2.45) is 0 Å². The zero-order valence-corrected chi connectivity index (χ0v) is 22.2. The van der Waals surface area contributed by atoms with Crippen molar-refractivity contribution in [3.63, 3.8) is 0 Å². The normalized spacial score (nSPS) is 11.2. The van der Waals surface area contributed by atoms with Gasteiger partial charge in [0.05, 0.1) is 79.3 Å². The van der Waals surface area contributed by atoms with Crippen molar-refractivity contribution in [2.75, 3.05) is 90.3 Å². The minimum atomic E-state index is -0.134. The first-order chi connectivity index (χ1) is 15.8. The van der Waals surface area contributed by atoms with Gasteiger partial charge in [-0.05, 0) is 6.42 Å². The highest BCUT2D eigenvalue weighted by Gasteiger charge is 2.02. The van der Waals surface area contributed by atoms with E-state index < -0.39 is 0 Å². The van der Waals surface area contributed by atoms with E-state index in [0.29, 0.717) is 85.7 Å². The molecule has 0 aromatic heterocycles. The number of unbranched alkanes of at least 4 members (excludes halogenated alkanes) is 5. The fraction of sp³-hybridized carbons (Fsp3) is 0.957. The van der Waals surface area contributed by atoms with Gasteiger partial charge in [0.25, 0.3) is 0 Å². The van der Waals surface area contributed by atoms with Crippen LogP contribution in [0.15, 0.2) is 0 Å². The minimum absolute atomic E-state index is 0.134. The Balaban J connectivity index is 3.09. The molecular formula is C23H45IO8. The van der Waals surface area contributed by atoms with Crippen molar-refractivity contribution in [3.05, 3.63) is 0 Å². The van der Waals surface area contributed by atoms with Gasteiger partial charge in [-0.15, -0.1) is 0 Å². The molecule has 0 aromatic rings. The Morgan fingerprint density at radius 1 is 0.531 bits per heavy atom. The van der Waals surface area contributed by atoms with Gasteiger partial charge in [-0.2, -0.15) is 0 Å². The summed E-state index contributed by atoms with van der Waals surface area (Å²) in [6.45, 7) is 9.07. The Morgan fingerprint density at radius 3 is 1.34 bits per heavy atom. The first-order valence-electron chi connectivity index (χ1n) is 12.0. The molecule has 0 amide bonds. The van der Waals surface area contributed by atoms with E-state index >= 15 is 0 Å². The molecule has 0 unspecified atom stereocenters. The van der Waals surface area contributed by atoms with Crippen LogP contribution in [0.3, 0.4) is 0 Å². The molecule has 0 spiro atoms. The molecule has 32 heavy (non-hydrogen) atoms. The van der Waals surface area contributed by atoms with Gasteiger partial charge in [0, 0.05) is 10.8 Å². The Labute approximate surface area is 208 Å². The van der Waals surface area contributed by atoms with E-state index in [1.54, 1.807) is 0 Å². The third-order valence-corrected chi connectivity index (χ3v) is 4.75. The van der Waals surface area contributed by atoms with Crippen LogP contribution in [-0.4, -0.2) is 96.3 Å². The molecular weight excluding hydrogens is 531 g/mol. The highest BCUT2D eigenvalue weighted by atomic mass is 127. The third kappa shape index (κ3) is 28.0. The summed E-state index contributed by atoms with van der Waals surface area (Å²) in [6.07, 6.45) is 7.49. The van der Waals surface area contributed by atoms with Gasteiger partial charge < -0.3 is 33.2 Å². The number of carbonyl (C=O) groups excluding carboxylic acids is 1. The Morgan fingerprint density at radius 2 is 0.906 bits per heavy atom. The van der Waals surface area contributed by atoms with E-state index in [4.69, 9.17) is 33.2 Å². The lowest BCUT2D eigenvalue weighted by Crippen LogP contribution is -2.15. The molecule has 0 saturated heterocycles. The summed E-state index contributed by atoms with van der Waals surface area (Å²) in [6, 6.07) is 0. The van der Waals surface area contributed by atoms with Crippen LogP contribution < -0.4 is 0 Å². The maximum Gasteiger partial charge on any atom is 0.305 e. The highest BCUT2D eigenvalue weighted by molar-refractivity contribution is 14.1. The van der Waals surface area contributed by atoms with Crippen LogP contribution in [0.5, 0.6) is 0 Å². The monoisotopic (exact) mass is 576 g/mol. The molecule has 0 fully saturated rings. The van der Waals surface area contributed by atoms with Crippen LogP contribution in [0, 0.1) is 0 Å². The molecule has 0 saturated carbocycles. The number of rotatable bonds is 27. The number of hydrogen-bond donors (Lipinski definition) is 0. The largest absolute Gasteiger partial charge is 0.463 e. The quantitative estimate of drug-likeness (QED) is 0.0633. The van der Waals surface area contributed by atoms with Crippen LogP contribution in [0.25, 0.3) is 0 Å². The molecule has 0 heterocycles. The third-order valence-electron chi connectivity index (χ3n) is 4.31. The van der Waals surface area contributed by atoms with E-state index in [1.807, 2.05) is 0 Å². The van der Waals surface area contributed by atoms with Gasteiger partial charge in [-0.25, -0.2) is 0 Å². The van der Waals surface area contributed by atoms with Crippen LogP contribution in [0.2, 0.25) is 0 Å². The second kappa shape index (κ2) is 29.0. The molecule has 0 aliphatic heterocycles. The predicted molar refractivity (Wildman–Crippen MR) is 133 cm³/mol. The molecule has 0 bridgehead atoms. The molecule has 0 aromatic carbocycles. The molecule has 0 atom stereocenters. The van der Waals surface area contributed by atoms with E-state index in [0.717, 1.165) is 23.9 Å². The van der Waals surface area contributed by atoms with Crippen LogP contribution in [-0.2, 0) is 38.0 Å². The van der Waals surface area contributed by atoms with Gasteiger partial charge in [-0.3, -0.25) is 4.79 Å². The molecule has 0 aliphatic carbocycles. The number of halogens is 1. The fourth-order valence-corrected chi connectivity index (χ4v) is 2.90. The van der Waals surface area contributed by atoms with Crippen molar-refractivity contribution in [2.45, 2.75) is 51.9 Å². The zero-order valence-electron chi connectivity index (χ0n) is 20.0. The molecule has 192 valence electrons. The first kappa shape index (κ1) is 32.0. The Bertz CT molecular complexity index is 374. The molecule has 0 rings (SSSR count). The summed E-state index contributed by atoms with van der Waals surface area (Å²) < 4.78 is 38.5. The van der Waals surface area contributed by atoms with Crippen molar-refractivity contribution in [1.29, 1.82) is 0 Å². The van der Waals surface area contributed by atoms with Crippen LogP contribution in [0.4, 0.5) is 0 Å². The molecule has 9 heteroatoms. The van der Waals surface area contributed by atoms with E-state index in [2.05, 4.69) is 29.5 Å². The highest BCUT2D eigenvalue weighted by Crippen LogP contribution is 2.07. The fourth-order valence-electron chi connectivity index (χ4n) is 2.59. The minimum Gasteiger partial charge on any atom is -0.463 e. The lowest BCUT2D eigenvalue weighted by Gasteiger charge is -2.08. The second-order valence-corrected chi connectivity index (χ2v) is 8.18. The number of carbonyl (C=O) groups is 1. The zero-order chi connectivity index (χ0) is 23.4. The summed E-state index contributed by atoms with van der Waals surface area (Å²) in [7, 11) is 0. The summed E-state index contributed by atoms with van der Waals surface area (Å²) in [5.74, 6) is -0.134. The number of esters is 1. The molecule has 0 radical (unpaired) electrons. The van der Waals surface area contributed by atoms with Gasteiger partial charge in [-0.1, -0.05) is 61.6 Å². The van der Waals surface area contributed by atoms with Gasteiger partial charge in [0.2, 0.25) is 0 Å². The maximum absolute atomic E-state index is 11.6. The SMILES string of the molecule is CCCCCCCCC(=O)OCCOCCOCCOCCOCCOCCOCCI. The average molecular weight is 577 g/mol. The lowest BCUT2D eigenvalue weighted by molar-refractivity contribution is -0.145. The van der Waals surface area contributed by atoms with E-state index in [-0.39, 0.29) is 5.97 Å². The van der Waals surface area contributed by atoms with Crippen molar-refractivity contribution < 1.29 is 38.0 Å². The van der Waals surface area contributed by atoms with Crippen molar-refractivity contribution in [3.8, 4) is 0 Å². The van der Waals surface area contributed by atoms with E-state index in [9.17, 15) is 4.79 Å². The Kier molecular flexibility index (Phi) is 29.0. The first-order valence-corrected chi connectivity index (χ1v) is 13.5. The van der Waals surface area contributed by atoms with Crippen molar-refractivity contribution >= 4 is 28.6 Å². The summed E-state index contributed by atoms with van der Waals surface area (Å²) >= 11 is 2.28. The molecule has 0 N–H and O–H groups in total. The summed E-state index contributed by atoms with van der Waals surface area (Å²) in [5.41, 5.74) is 0. The lowest BCUT2D eigenvalue weighted by atomic mass is 10.1. The van der Waals surface area contributed by atoms with Crippen molar-refractivity contribution in [1.82, 2.24) is 0 Å². The van der Waals surface area contributed by atoms with Gasteiger partial charge in [0.1, 0.15) is 6.61 Å². The smallest absolute Gasteiger partial charge is 0.305 e. The van der Waals surface area contributed by atoms with Gasteiger partial charge >= 0.3 is 5.97 Å². The molecule has 0 aliphatic rings. The standard InChI is InChI=1S/C23H45IO8/c1-2-3-4-5-6-7-8-23(25)32-22-21-31-20-19-30-18-17-29-16-15-28-14-13-27-12-11-26-10-9-24/h2-22H2,1H3. The van der Waals surface area contributed by atoms with Crippen LogP contribution in [0.1, 0.15) is 51.9 Å². The number of ether oxygens (including phenoxy) is 7. The number of alkyl halides is 1. The summed E-state index contributed by atoms with van der Waals surface area (Å²) in [5, 5.41) is 0. The second-order valence-electron chi connectivity index (χ2n) is 7.10.